The first kappa shape index (κ1) is 18.3. The van der Waals surface area contributed by atoms with Crippen molar-refractivity contribution in [1.82, 2.24) is 0 Å². The molecule has 4 rings (SSSR count). The van der Waals surface area contributed by atoms with Gasteiger partial charge in [-0.3, -0.25) is 4.72 Å². The molecule has 142 valence electrons. The number of aryl methyl sites for hydroxylation is 2. The lowest BCUT2D eigenvalue weighted by molar-refractivity contribution is 0.475. The highest BCUT2D eigenvalue weighted by Crippen LogP contribution is 2.36. The maximum Gasteiger partial charge on any atom is 0.229 e. The van der Waals surface area contributed by atoms with Crippen LogP contribution in [-0.4, -0.2) is 19.8 Å². The Morgan fingerprint density at radius 1 is 0.893 bits per heavy atom. The van der Waals surface area contributed by atoms with E-state index in [2.05, 4.69) is 22.9 Å². The van der Waals surface area contributed by atoms with Crippen LogP contribution in [0, 0.1) is 0 Å². The van der Waals surface area contributed by atoms with Crippen molar-refractivity contribution in [2.75, 3.05) is 11.0 Å². The zero-order chi connectivity index (χ0) is 19.7. The fourth-order valence-electron chi connectivity index (χ4n) is 3.68. The number of rotatable bonds is 3. The van der Waals surface area contributed by atoms with Crippen molar-refractivity contribution in [3.8, 4) is 5.75 Å². The van der Waals surface area contributed by atoms with Crippen molar-refractivity contribution in [3.63, 3.8) is 0 Å². The lowest BCUT2D eigenvalue weighted by Gasteiger charge is -2.13. The van der Waals surface area contributed by atoms with Gasteiger partial charge in [0.1, 0.15) is 5.75 Å². The number of phenols is 1. The first-order chi connectivity index (χ1) is 13.4. The molecular formula is C23H21NO3S. The van der Waals surface area contributed by atoms with Crippen LogP contribution in [0.5, 0.6) is 5.75 Å². The van der Waals surface area contributed by atoms with E-state index in [1.54, 1.807) is 12.1 Å². The Bertz CT molecular complexity index is 1180. The Hall–Kier alpha value is -3.05. The van der Waals surface area contributed by atoms with Gasteiger partial charge in [0.2, 0.25) is 10.0 Å². The van der Waals surface area contributed by atoms with E-state index >= 15 is 0 Å². The molecule has 0 radical (unpaired) electrons. The summed E-state index contributed by atoms with van der Waals surface area (Å²) in [7, 11) is -3.34. The highest BCUT2D eigenvalue weighted by Gasteiger charge is 2.18. The van der Waals surface area contributed by atoms with Crippen LogP contribution in [0.3, 0.4) is 0 Å². The fraction of sp³-hybridized carbons (Fsp3) is 0.130. The average molecular weight is 391 g/mol. The molecule has 0 unspecified atom stereocenters. The van der Waals surface area contributed by atoms with Crippen LogP contribution in [0.25, 0.3) is 11.6 Å². The van der Waals surface area contributed by atoms with Crippen molar-refractivity contribution in [2.45, 2.75) is 12.8 Å². The first-order valence-electron chi connectivity index (χ1n) is 9.09. The van der Waals surface area contributed by atoms with E-state index in [1.165, 1.54) is 11.1 Å². The summed E-state index contributed by atoms with van der Waals surface area (Å²) in [6.07, 6.45) is 5.02. The minimum atomic E-state index is -3.34. The Kier molecular flexibility index (Phi) is 4.69. The third-order valence-corrected chi connectivity index (χ3v) is 5.46. The number of sulfonamides is 1. The second kappa shape index (κ2) is 7.17. The second-order valence-corrected chi connectivity index (χ2v) is 8.80. The van der Waals surface area contributed by atoms with Gasteiger partial charge in [-0.05, 0) is 76.6 Å². The topological polar surface area (TPSA) is 66.4 Å². The van der Waals surface area contributed by atoms with Crippen LogP contribution >= 0.6 is 0 Å². The van der Waals surface area contributed by atoms with Crippen LogP contribution < -0.4 is 4.72 Å². The summed E-state index contributed by atoms with van der Waals surface area (Å²) >= 11 is 0. The van der Waals surface area contributed by atoms with E-state index in [0.717, 1.165) is 41.4 Å². The number of anilines is 1. The molecule has 0 aromatic heterocycles. The van der Waals surface area contributed by atoms with Crippen molar-refractivity contribution >= 4 is 27.4 Å². The van der Waals surface area contributed by atoms with Crippen LogP contribution in [0.1, 0.15) is 27.8 Å². The van der Waals surface area contributed by atoms with E-state index < -0.39 is 10.0 Å². The molecule has 0 aliphatic heterocycles. The van der Waals surface area contributed by atoms with Gasteiger partial charge < -0.3 is 5.11 Å². The van der Waals surface area contributed by atoms with Crippen molar-refractivity contribution in [1.29, 1.82) is 0 Å². The molecule has 0 bridgehead atoms. The highest BCUT2D eigenvalue weighted by molar-refractivity contribution is 7.92. The lowest BCUT2D eigenvalue weighted by Crippen LogP contribution is -2.09. The van der Waals surface area contributed by atoms with E-state index in [9.17, 15) is 13.5 Å². The van der Waals surface area contributed by atoms with E-state index in [0.29, 0.717) is 5.69 Å². The van der Waals surface area contributed by atoms with Gasteiger partial charge in [-0.15, -0.1) is 0 Å². The molecule has 0 amide bonds. The maximum atomic E-state index is 11.6. The van der Waals surface area contributed by atoms with Gasteiger partial charge in [-0.2, -0.15) is 0 Å². The zero-order valence-corrected chi connectivity index (χ0v) is 16.3. The number of nitrogens with one attached hydrogen (secondary N) is 1. The van der Waals surface area contributed by atoms with Crippen LogP contribution in [0.2, 0.25) is 0 Å². The number of benzene rings is 3. The molecule has 0 atom stereocenters. The highest BCUT2D eigenvalue weighted by atomic mass is 32.2. The molecule has 3 aromatic rings. The summed E-state index contributed by atoms with van der Waals surface area (Å²) in [5, 5.41) is 10.1. The average Bonchev–Trinajstić information content (AvgIpc) is 2.78. The predicted molar refractivity (Wildman–Crippen MR) is 114 cm³/mol. The summed E-state index contributed by atoms with van der Waals surface area (Å²) in [4.78, 5) is 0. The van der Waals surface area contributed by atoms with Crippen LogP contribution in [0.15, 0.2) is 66.7 Å². The van der Waals surface area contributed by atoms with Gasteiger partial charge in [0.15, 0.2) is 0 Å². The molecule has 28 heavy (non-hydrogen) atoms. The van der Waals surface area contributed by atoms with E-state index in [4.69, 9.17) is 0 Å². The molecule has 1 aliphatic rings. The van der Waals surface area contributed by atoms with Crippen LogP contribution in [0.4, 0.5) is 5.69 Å². The zero-order valence-electron chi connectivity index (χ0n) is 15.5. The minimum Gasteiger partial charge on any atom is -0.508 e. The summed E-state index contributed by atoms with van der Waals surface area (Å²) in [5.41, 5.74) is 7.01. The molecular weight excluding hydrogens is 370 g/mol. The monoisotopic (exact) mass is 391 g/mol. The number of hydrogen-bond acceptors (Lipinski definition) is 3. The maximum absolute atomic E-state index is 11.6. The molecule has 0 heterocycles. The van der Waals surface area contributed by atoms with Gasteiger partial charge >= 0.3 is 0 Å². The summed E-state index contributed by atoms with van der Waals surface area (Å²) in [5.74, 6) is 0.233. The van der Waals surface area contributed by atoms with Gasteiger partial charge in [0.25, 0.3) is 0 Å². The molecule has 4 nitrogen and oxygen atoms in total. The number of aromatic hydroxyl groups is 1. The van der Waals surface area contributed by atoms with Crippen LogP contribution in [-0.2, 0) is 22.9 Å². The van der Waals surface area contributed by atoms with Gasteiger partial charge in [-0.1, -0.05) is 42.5 Å². The number of phenolic OH excluding ortho intramolecular Hbond substituents is 1. The normalized spacial score (nSPS) is 14.8. The molecule has 5 heteroatoms. The summed E-state index contributed by atoms with van der Waals surface area (Å²) in [6, 6.07) is 21.1. The van der Waals surface area contributed by atoms with Crippen molar-refractivity contribution in [2.24, 2.45) is 0 Å². The third-order valence-electron chi connectivity index (χ3n) is 4.86. The largest absolute Gasteiger partial charge is 0.508 e. The van der Waals surface area contributed by atoms with E-state index in [1.807, 2.05) is 42.5 Å². The van der Waals surface area contributed by atoms with Gasteiger partial charge in [-0.25, -0.2) is 8.42 Å². The Labute approximate surface area is 165 Å². The molecule has 1 aliphatic carbocycles. The summed E-state index contributed by atoms with van der Waals surface area (Å²) < 4.78 is 25.6. The van der Waals surface area contributed by atoms with Crippen molar-refractivity contribution < 1.29 is 13.5 Å². The standard InChI is InChI=1S/C23H21NO3S/c1-28(26,27)24-19-7-4-5-16(13-19)14-23-21-8-3-2-6-17(21)9-10-18-11-12-20(25)15-22(18)23/h2-8,11-15,24-25H,9-10H2,1H3/b23-14-. The lowest BCUT2D eigenvalue weighted by atomic mass is 9.92. The molecule has 0 saturated heterocycles. The Morgan fingerprint density at radius 2 is 1.64 bits per heavy atom. The minimum absolute atomic E-state index is 0.233. The summed E-state index contributed by atoms with van der Waals surface area (Å²) in [6.45, 7) is 0. The Balaban J connectivity index is 1.89. The van der Waals surface area contributed by atoms with Crippen molar-refractivity contribution in [3.05, 3.63) is 94.5 Å². The third kappa shape index (κ3) is 3.94. The molecule has 3 aromatic carbocycles. The molecule has 2 N–H and O–H groups in total. The van der Waals surface area contributed by atoms with Gasteiger partial charge in [0, 0.05) is 5.69 Å². The molecule has 0 saturated carbocycles. The number of fused-ring (bicyclic) bond motifs is 2. The number of hydrogen-bond donors (Lipinski definition) is 2. The molecule has 0 fully saturated rings. The first-order valence-corrected chi connectivity index (χ1v) is 11.0. The quantitative estimate of drug-likeness (QED) is 0.693. The predicted octanol–water partition coefficient (Wildman–Crippen LogP) is 4.45. The van der Waals surface area contributed by atoms with Gasteiger partial charge in [0.05, 0.1) is 6.26 Å². The fourth-order valence-corrected chi connectivity index (χ4v) is 4.23. The smallest absolute Gasteiger partial charge is 0.229 e. The Morgan fingerprint density at radius 3 is 2.43 bits per heavy atom. The van der Waals surface area contributed by atoms with E-state index in [-0.39, 0.29) is 5.75 Å². The molecule has 0 spiro atoms. The second-order valence-electron chi connectivity index (χ2n) is 7.06. The SMILES string of the molecule is CS(=O)(=O)Nc1cccc(/C=C2/c3ccccc3CCc3ccc(O)cc32)c1.